The summed E-state index contributed by atoms with van der Waals surface area (Å²) in [4.78, 5) is 10.9. The number of thiol groups is 1. The molecule has 0 N–H and O–H groups in total. The van der Waals surface area contributed by atoms with Gasteiger partial charge in [-0.25, -0.2) is 0 Å². The van der Waals surface area contributed by atoms with E-state index >= 15 is 0 Å². The highest BCUT2D eigenvalue weighted by Gasteiger charge is 2.13. The van der Waals surface area contributed by atoms with E-state index < -0.39 is 0 Å². The van der Waals surface area contributed by atoms with Gasteiger partial charge in [-0.05, 0) is 29.3 Å². The zero-order valence-electron chi connectivity index (χ0n) is 13.0. The monoisotopic (exact) mass is 330 g/mol. The van der Waals surface area contributed by atoms with Crippen LogP contribution >= 0.6 is 12.6 Å². The van der Waals surface area contributed by atoms with Gasteiger partial charge in [-0.1, -0.05) is 36.4 Å². The number of methoxy groups -OCH3 is 2. The molecule has 23 heavy (non-hydrogen) atoms. The Morgan fingerprint density at radius 1 is 1.09 bits per heavy atom. The number of rotatable bonds is 7. The summed E-state index contributed by atoms with van der Waals surface area (Å²) in [5, 5.41) is -0.327. The molecule has 0 radical (unpaired) electrons. The van der Waals surface area contributed by atoms with Gasteiger partial charge >= 0.3 is 0 Å². The van der Waals surface area contributed by atoms with Crippen molar-refractivity contribution in [3.05, 3.63) is 59.7 Å². The third-order valence-corrected chi connectivity index (χ3v) is 3.28. The first-order valence-electron chi connectivity index (χ1n) is 6.97. The van der Waals surface area contributed by atoms with E-state index in [4.69, 9.17) is 14.2 Å². The highest BCUT2D eigenvalue weighted by molar-refractivity contribution is 7.97. The maximum Gasteiger partial charge on any atom is 0.209 e. The Balaban J connectivity index is 2.28. The third-order valence-electron chi connectivity index (χ3n) is 3.13. The minimum atomic E-state index is -0.327. The zero-order valence-corrected chi connectivity index (χ0v) is 13.9. The molecule has 2 aromatic carbocycles. The van der Waals surface area contributed by atoms with Gasteiger partial charge in [0.05, 0.1) is 14.2 Å². The zero-order chi connectivity index (χ0) is 16.7. The normalized spacial score (nSPS) is 10.6. The van der Waals surface area contributed by atoms with E-state index in [1.54, 1.807) is 32.4 Å². The molecule has 4 nitrogen and oxygen atoms in total. The second-order valence-corrected chi connectivity index (χ2v) is 5.14. The molecule has 0 unspecified atom stereocenters. The fourth-order valence-electron chi connectivity index (χ4n) is 2.04. The number of hydrogen-bond donors (Lipinski definition) is 1. The van der Waals surface area contributed by atoms with Crippen LogP contribution in [0.1, 0.15) is 11.1 Å². The Labute approximate surface area is 141 Å². The van der Waals surface area contributed by atoms with Gasteiger partial charge in [0.15, 0.2) is 11.5 Å². The smallest absolute Gasteiger partial charge is 0.209 e. The number of benzene rings is 2. The van der Waals surface area contributed by atoms with Gasteiger partial charge in [-0.3, -0.25) is 4.79 Å². The second-order valence-electron chi connectivity index (χ2n) is 4.70. The van der Waals surface area contributed by atoms with E-state index in [0.717, 1.165) is 11.1 Å². The van der Waals surface area contributed by atoms with Gasteiger partial charge < -0.3 is 14.2 Å². The minimum absolute atomic E-state index is 0.327. The molecule has 0 saturated carbocycles. The summed E-state index contributed by atoms with van der Waals surface area (Å²) in [6.07, 6.45) is 3.00. The number of ether oxygens (including phenoxy) is 3. The Hall–Kier alpha value is -2.40. The SMILES string of the molecule is COc1cc(C=CC(=O)S)cc(OC)c1OCc1ccccc1. The molecule has 0 aliphatic carbocycles. The molecule has 0 fully saturated rings. The molecule has 0 amide bonds. The lowest BCUT2D eigenvalue weighted by Crippen LogP contribution is -2.00. The average molecular weight is 330 g/mol. The van der Waals surface area contributed by atoms with Crippen LogP contribution in [-0.4, -0.2) is 19.3 Å². The largest absolute Gasteiger partial charge is 0.493 e. The first-order chi connectivity index (χ1) is 11.1. The summed E-state index contributed by atoms with van der Waals surface area (Å²) in [6, 6.07) is 13.4. The molecule has 5 heteroatoms. The van der Waals surface area contributed by atoms with Gasteiger partial charge in [-0.2, -0.15) is 0 Å². The number of carbonyl (C=O) groups excluding carboxylic acids is 1. The van der Waals surface area contributed by atoms with E-state index in [1.807, 2.05) is 30.3 Å². The molecule has 0 bridgehead atoms. The molecule has 0 aliphatic heterocycles. The molecule has 120 valence electrons. The summed E-state index contributed by atoms with van der Waals surface area (Å²) >= 11 is 3.71. The summed E-state index contributed by atoms with van der Waals surface area (Å²) in [5.41, 5.74) is 1.80. The van der Waals surface area contributed by atoms with Gasteiger partial charge in [0.25, 0.3) is 0 Å². The molecule has 0 spiro atoms. The molecule has 0 aromatic heterocycles. The molecule has 2 rings (SSSR count). The Bertz CT molecular complexity index is 670. The lowest BCUT2D eigenvalue weighted by Gasteiger charge is -2.15. The maximum atomic E-state index is 10.9. The predicted octanol–water partition coefficient (Wildman–Crippen LogP) is 3.75. The van der Waals surface area contributed by atoms with Crippen molar-refractivity contribution in [1.82, 2.24) is 0 Å². The second kappa shape index (κ2) is 8.29. The molecule has 0 aliphatic rings. The van der Waals surface area contributed by atoms with Gasteiger partial charge in [0, 0.05) is 0 Å². The molecule has 0 saturated heterocycles. The van der Waals surface area contributed by atoms with Crippen molar-refractivity contribution < 1.29 is 19.0 Å². The lowest BCUT2D eigenvalue weighted by atomic mass is 10.1. The van der Waals surface area contributed by atoms with Crippen LogP contribution in [0.25, 0.3) is 6.08 Å². The molecule has 2 aromatic rings. The van der Waals surface area contributed by atoms with Crippen LogP contribution in [0.4, 0.5) is 0 Å². The molecule has 0 heterocycles. The Morgan fingerprint density at radius 3 is 2.22 bits per heavy atom. The van der Waals surface area contributed by atoms with Crippen molar-refractivity contribution in [3.8, 4) is 17.2 Å². The van der Waals surface area contributed by atoms with E-state index in [0.29, 0.717) is 23.9 Å². The summed E-state index contributed by atoms with van der Waals surface area (Å²) in [5.74, 6) is 1.59. The topological polar surface area (TPSA) is 44.8 Å². The molecule has 0 atom stereocenters. The fraction of sp³-hybridized carbons (Fsp3) is 0.167. The average Bonchev–Trinajstić information content (AvgIpc) is 2.58. The van der Waals surface area contributed by atoms with Gasteiger partial charge in [0.2, 0.25) is 10.9 Å². The summed E-state index contributed by atoms with van der Waals surface area (Å²) < 4.78 is 16.6. The first kappa shape index (κ1) is 17.0. The van der Waals surface area contributed by atoms with E-state index in [1.165, 1.54) is 6.08 Å². The quantitative estimate of drug-likeness (QED) is 0.620. The summed E-state index contributed by atoms with van der Waals surface area (Å²) in [7, 11) is 3.11. The van der Waals surface area contributed by atoms with E-state index in [-0.39, 0.29) is 5.12 Å². The van der Waals surface area contributed by atoms with Crippen LogP contribution in [0.5, 0.6) is 17.2 Å². The number of hydrogen-bond acceptors (Lipinski definition) is 4. The van der Waals surface area contributed by atoms with Crippen LogP contribution in [-0.2, 0) is 11.4 Å². The van der Waals surface area contributed by atoms with Crippen molar-refractivity contribution >= 4 is 23.8 Å². The van der Waals surface area contributed by atoms with E-state index in [2.05, 4.69) is 12.6 Å². The Kier molecular flexibility index (Phi) is 6.11. The Morgan fingerprint density at radius 2 is 1.70 bits per heavy atom. The highest BCUT2D eigenvalue weighted by Crippen LogP contribution is 2.39. The standard InChI is InChI=1S/C18H18O4S/c1-20-15-10-14(8-9-17(19)23)11-16(21-2)18(15)22-12-13-6-4-3-5-7-13/h3-11H,12H2,1-2H3,(H,19,23). The third kappa shape index (κ3) is 4.79. The van der Waals surface area contributed by atoms with Crippen LogP contribution in [0.2, 0.25) is 0 Å². The van der Waals surface area contributed by atoms with Crippen LogP contribution in [0.3, 0.4) is 0 Å². The van der Waals surface area contributed by atoms with Crippen molar-refractivity contribution in [2.45, 2.75) is 6.61 Å². The summed E-state index contributed by atoms with van der Waals surface area (Å²) in [6.45, 7) is 0.401. The van der Waals surface area contributed by atoms with Crippen molar-refractivity contribution in [3.63, 3.8) is 0 Å². The lowest BCUT2D eigenvalue weighted by molar-refractivity contribution is -0.106. The van der Waals surface area contributed by atoms with Crippen LogP contribution in [0, 0.1) is 0 Å². The first-order valence-corrected chi connectivity index (χ1v) is 7.42. The predicted molar refractivity (Wildman–Crippen MR) is 93.3 cm³/mol. The minimum Gasteiger partial charge on any atom is -0.493 e. The van der Waals surface area contributed by atoms with Crippen molar-refractivity contribution in [1.29, 1.82) is 0 Å². The molecular formula is C18H18O4S. The van der Waals surface area contributed by atoms with Gasteiger partial charge in [0.1, 0.15) is 6.61 Å². The molecular weight excluding hydrogens is 312 g/mol. The van der Waals surface area contributed by atoms with Crippen molar-refractivity contribution in [2.75, 3.05) is 14.2 Å². The van der Waals surface area contributed by atoms with Crippen LogP contribution < -0.4 is 14.2 Å². The maximum absolute atomic E-state index is 10.9. The van der Waals surface area contributed by atoms with Crippen LogP contribution in [0.15, 0.2) is 48.5 Å². The van der Waals surface area contributed by atoms with E-state index in [9.17, 15) is 4.79 Å². The van der Waals surface area contributed by atoms with Crippen molar-refractivity contribution in [2.24, 2.45) is 0 Å². The fourth-order valence-corrected chi connectivity index (χ4v) is 2.11. The highest BCUT2D eigenvalue weighted by atomic mass is 32.1. The van der Waals surface area contributed by atoms with Gasteiger partial charge in [-0.15, -0.1) is 12.6 Å². The number of carbonyl (C=O) groups is 1.